The van der Waals surface area contributed by atoms with Gasteiger partial charge in [0.1, 0.15) is 0 Å². The highest BCUT2D eigenvalue weighted by molar-refractivity contribution is 7.96. The van der Waals surface area contributed by atoms with E-state index in [1.807, 2.05) is 0 Å². The zero-order chi connectivity index (χ0) is 22.4. The van der Waals surface area contributed by atoms with Gasteiger partial charge in [-0.15, -0.1) is 0 Å². The first-order chi connectivity index (χ1) is 13.7. The molecule has 164 valence electrons. The summed E-state index contributed by atoms with van der Waals surface area (Å²) >= 11 is 0. The summed E-state index contributed by atoms with van der Waals surface area (Å²) in [6, 6.07) is 9.23. The maximum atomic E-state index is 12.7. The minimum absolute atomic E-state index is 0.0394. The number of hydrogen-bond acceptors (Lipinski definition) is 8. The summed E-state index contributed by atoms with van der Waals surface area (Å²) in [5.41, 5.74) is 0.0394. The van der Waals surface area contributed by atoms with Crippen LogP contribution in [0.1, 0.15) is 6.42 Å². The molecule has 1 heterocycles. The highest BCUT2D eigenvalue weighted by atomic mass is 32.2. The van der Waals surface area contributed by atoms with Crippen LogP contribution in [0.25, 0.3) is 0 Å². The Hall–Kier alpha value is -2.00. The molecule has 3 N–H and O–H groups in total. The Morgan fingerprint density at radius 1 is 0.867 bits per heavy atom. The van der Waals surface area contributed by atoms with Gasteiger partial charge in [0.25, 0.3) is 10.0 Å². The molecule has 1 fully saturated rings. The molecule has 0 bridgehead atoms. The van der Waals surface area contributed by atoms with E-state index in [4.69, 9.17) is 5.14 Å². The van der Waals surface area contributed by atoms with Crippen molar-refractivity contribution in [3.05, 3.63) is 48.5 Å². The normalized spacial score (nSPS) is 19.4. The molecule has 3 rings (SSSR count). The third-order valence-electron chi connectivity index (χ3n) is 4.51. The van der Waals surface area contributed by atoms with Crippen LogP contribution in [0.15, 0.2) is 63.2 Å². The van der Waals surface area contributed by atoms with Gasteiger partial charge in [0.15, 0.2) is 19.7 Å². The highest BCUT2D eigenvalue weighted by Gasteiger charge is 2.38. The van der Waals surface area contributed by atoms with Crippen molar-refractivity contribution < 1.29 is 33.7 Å². The van der Waals surface area contributed by atoms with Crippen molar-refractivity contribution >= 4 is 45.4 Å². The number of nitrogens with two attached hydrogens (primary N) is 1. The van der Waals surface area contributed by atoms with Gasteiger partial charge in [0.05, 0.1) is 31.4 Å². The number of primary sulfonamides is 1. The van der Waals surface area contributed by atoms with E-state index < -0.39 is 50.7 Å². The van der Waals surface area contributed by atoms with E-state index in [2.05, 4.69) is 4.72 Å². The first-order valence-electron chi connectivity index (χ1n) is 8.41. The van der Waals surface area contributed by atoms with Crippen LogP contribution in [0, 0.1) is 0 Å². The van der Waals surface area contributed by atoms with Crippen LogP contribution in [-0.4, -0.2) is 50.4 Å². The molecule has 2 aromatic carbocycles. The monoisotopic (exact) mass is 494 g/mol. The van der Waals surface area contributed by atoms with Gasteiger partial charge < -0.3 is 0 Å². The number of sulfone groups is 2. The molecule has 0 spiro atoms. The first-order valence-corrected chi connectivity index (χ1v) is 14.8. The van der Waals surface area contributed by atoms with Crippen molar-refractivity contribution in [3.8, 4) is 0 Å². The number of anilines is 1. The predicted molar refractivity (Wildman–Crippen MR) is 109 cm³/mol. The van der Waals surface area contributed by atoms with Gasteiger partial charge in [-0.05, 0) is 48.9 Å². The van der Waals surface area contributed by atoms with Crippen molar-refractivity contribution in [2.24, 2.45) is 5.14 Å². The second-order valence-electron chi connectivity index (χ2n) is 6.72. The van der Waals surface area contributed by atoms with Gasteiger partial charge in [-0.25, -0.2) is 38.8 Å². The Balaban J connectivity index is 1.89. The topological polar surface area (TPSA) is 175 Å². The molecule has 1 saturated heterocycles. The average Bonchev–Trinajstić information content (AvgIpc) is 3.02. The standard InChI is InChI=1S/C16H18N2O8S4/c17-29(23,24)13-6-4-12(5-7-13)18-30(25,26)15-3-1-2-14(10-15)28(21,22)16-8-9-27(19,20)11-16/h1-7,10,16,18H,8-9,11H2,(H2,17,23,24)/t16-/m1/s1. The fourth-order valence-corrected chi connectivity index (χ4v) is 9.04. The summed E-state index contributed by atoms with van der Waals surface area (Å²) < 4.78 is 98.8. The second kappa shape index (κ2) is 7.60. The van der Waals surface area contributed by atoms with Gasteiger partial charge in [0.2, 0.25) is 10.0 Å². The van der Waals surface area contributed by atoms with Crippen LogP contribution >= 0.6 is 0 Å². The number of benzene rings is 2. The minimum Gasteiger partial charge on any atom is -0.280 e. The molecule has 0 amide bonds. The van der Waals surface area contributed by atoms with E-state index in [0.29, 0.717) is 0 Å². The molecule has 0 aliphatic carbocycles. The molecular formula is C16H18N2O8S4. The molecule has 30 heavy (non-hydrogen) atoms. The van der Waals surface area contributed by atoms with E-state index in [1.165, 1.54) is 30.3 Å². The zero-order valence-electron chi connectivity index (χ0n) is 15.3. The molecule has 0 saturated carbocycles. The Morgan fingerprint density at radius 2 is 1.47 bits per heavy atom. The van der Waals surface area contributed by atoms with Crippen molar-refractivity contribution in [2.75, 3.05) is 16.2 Å². The fraction of sp³-hybridized carbons (Fsp3) is 0.250. The molecule has 2 aromatic rings. The van der Waals surface area contributed by atoms with Gasteiger partial charge in [0, 0.05) is 5.69 Å². The fourth-order valence-electron chi connectivity index (χ4n) is 2.94. The Morgan fingerprint density at radius 3 is 2.00 bits per heavy atom. The summed E-state index contributed by atoms with van der Waals surface area (Å²) in [5, 5.41) is 3.86. The van der Waals surface area contributed by atoms with Crippen molar-refractivity contribution in [2.45, 2.75) is 26.4 Å². The summed E-state index contributed by atoms with van der Waals surface area (Å²) in [6.07, 6.45) is -0.0453. The van der Waals surface area contributed by atoms with Gasteiger partial charge >= 0.3 is 0 Å². The molecule has 1 aliphatic heterocycles. The summed E-state index contributed by atoms with van der Waals surface area (Å²) in [4.78, 5) is -0.845. The second-order valence-corrected chi connectivity index (χ2v) is 14.4. The molecule has 0 aromatic heterocycles. The Bertz CT molecular complexity index is 1400. The predicted octanol–water partition coefficient (Wildman–Crippen LogP) is 0.0956. The molecule has 1 aliphatic rings. The van der Waals surface area contributed by atoms with E-state index in [9.17, 15) is 33.7 Å². The molecule has 1 atom stereocenters. The first kappa shape index (κ1) is 22.7. The quantitative estimate of drug-likeness (QED) is 0.568. The van der Waals surface area contributed by atoms with Crippen molar-refractivity contribution in [1.29, 1.82) is 0 Å². The highest BCUT2D eigenvalue weighted by Crippen LogP contribution is 2.27. The summed E-state index contributed by atoms with van der Waals surface area (Å²) in [5.74, 6) is -0.730. The smallest absolute Gasteiger partial charge is 0.261 e. The molecular weight excluding hydrogens is 476 g/mol. The van der Waals surface area contributed by atoms with Crippen LogP contribution in [0.2, 0.25) is 0 Å². The lowest BCUT2D eigenvalue weighted by Crippen LogP contribution is -2.23. The van der Waals surface area contributed by atoms with Crippen molar-refractivity contribution in [3.63, 3.8) is 0 Å². The minimum atomic E-state index is -4.20. The van der Waals surface area contributed by atoms with Crippen LogP contribution in [-0.2, 0) is 39.7 Å². The molecule has 14 heteroatoms. The lowest BCUT2D eigenvalue weighted by Gasteiger charge is -2.13. The number of sulfonamides is 2. The largest absolute Gasteiger partial charge is 0.280 e. The van der Waals surface area contributed by atoms with Gasteiger partial charge in [-0.2, -0.15) is 0 Å². The van der Waals surface area contributed by atoms with Gasteiger partial charge in [-0.1, -0.05) is 6.07 Å². The van der Waals surface area contributed by atoms with Crippen LogP contribution in [0.3, 0.4) is 0 Å². The molecule has 0 radical (unpaired) electrons. The van der Waals surface area contributed by atoms with Crippen molar-refractivity contribution in [1.82, 2.24) is 0 Å². The molecule has 0 unspecified atom stereocenters. The SMILES string of the molecule is NS(=O)(=O)c1ccc(NS(=O)(=O)c2cccc(S(=O)(=O)[C@@H]3CCS(=O)(=O)C3)c2)cc1. The summed E-state index contributed by atoms with van der Waals surface area (Å²) in [7, 11) is -15.6. The number of rotatable bonds is 6. The van der Waals surface area contributed by atoms with Crippen LogP contribution in [0.4, 0.5) is 5.69 Å². The van der Waals surface area contributed by atoms with E-state index >= 15 is 0 Å². The van der Waals surface area contributed by atoms with Crippen LogP contribution in [0.5, 0.6) is 0 Å². The maximum Gasteiger partial charge on any atom is 0.261 e. The van der Waals surface area contributed by atoms with Crippen LogP contribution < -0.4 is 9.86 Å². The lowest BCUT2D eigenvalue weighted by molar-refractivity contribution is 0.581. The van der Waals surface area contributed by atoms with E-state index in [1.54, 1.807) is 0 Å². The third-order valence-corrected chi connectivity index (χ3v) is 11.0. The van der Waals surface area contributed by atoms with E-state index in [0.717, 1.165) is 18.2 Å². The average molecular weight is 495 g/mol. The molecule has 10 nitrogen and oxygen atoms in total. The van der Waals surface area contributed by atoms with E-state index in [-0.39, 0.29) is 32.5 Å². The number of hydrogen-bond donors (Lipinski definition) is 2. The number of nitrogens with one attached hydrogen (secondary N) is 1. The van der Waals surface area contributed by atoms with Gasteiger partial charge in [-0.3, -0.25) is 4.72 Å². The Labute approximate surface area is 175 Å². The third kappa shape index (κ3) is 4.83. The zero-order valence-corrected chi connectivity index (χ0v) is 18.6. The lowest BCUT2D eigenvalue weighted by atomic mass is 10.3. The maximum absolute atomic E-state index is 12.7. The summed E-state index contributed by atoms with van der Waals surface area (Å²) in [6.45, 7) is 0. The Kier molecular flexibility index (Phi) is 5.75.